The first kappa shape index (κ1) is 39.9. The molecule has 264 valence electrons. The fourth-order valence-corrected chi connectivity index (χ4v) is 4.33. The van der Waals surface area contributed by atoms with Crippen LogP contribution < -0.4 is 5.32 Å². The van der Waals surface area contributed by atoms with Crippen LogP contribution in [-0.2, 0) is 42.9 Å². The van der Waals surface area contributed by atoms with Crippen LogP contribution in [0.15, 0.2) is 36.9 Å². The number of nitrogens with one attached hydrogen (secondary N) is 1. The number of esters is 4. The summed E-state index contributed by atoms with van der Waals surface area (Å²) in [4.78, 5) is 53.3. The molecule has 6 atom stereocenters. The first-order valence-electron chi connectivity index (χ1n) is 16.3. The third-order valence-corrected chi connectivity index (χ3v) is 7.44. The number of ether oxygens (including phenoxy) is 5. The number of rotatable bonds is 10. The third kappa shape index (κ3) is 11.5. The van der Waals surface area contributed by atoms with Crippen molar-refractivity contribution in [3.8, 4) is 0 Å². The number of carbonyl (C=O) groups is 4. The molecule has 0 unspecified atom stereocenters. The molecule has 1 saturated heterocycles. The zero-order chi connectivity index (χ0) is 36.1. The van der Waals surface area contributed by atoms with Crippen molar-refractivity contribution in [2.45, 2.75) is 133 Å². The summed E-state index contributed by atoms with van der Waals surface area (Å²) in [5, 5.41) is 3.45. The average molecular weight is 660 g/mol. The Bertz CT molecular complexity index is 1260. The zero-order valence-corrected chi connectivity index (χ0v) is 30.6. The molecule has 10 nitrogen and oxygen atoms in total. The second-order valence-electron chi connectivity index (χ2n) is 16.5. The van der Waals surface area contributed by atoms with Crippen LogP contribution in [0, 0.1) is 28.6 Å². The van der Waals surface area contributed by atoms with E-state index >= 15 is 0 Å². The molecule has 1 aromatic carbocycles. The molecular formula is C37H57NO9. The van der Waals surface area contributed by atoms with Gasteiger partial charge in [-0.25, -0.2) is 0 Å². The summed E-state index contributed by atoms with van der Waals surface area (Å²) < 4.78 is 30.5. The lowest BCUT2D eigenvalue weighted by molar-refractivity contribution is -0.266. The largest absolute Gasteiger partial charge is 0.462 e. The molecule has 0 spiro atoms. The molecule has 1 heterocycles. The Morgan fingerprint density at radius 3 is 1.57 bits per heavy atom. The van der Waals surface area contributed by atoms with Gasteiger partial charge < -0.3 is 23.7 Å². The highest BCUT2D eigenvalue weighted by molar-refractivity contribution is 5.78. The normalized spacial score (nSPS) is 22.9. The Balaban J connectivity index is 2.77. The molecular weight excluding hydrogens is 602 g/mol. The van der Waals surface area contributed by atoms with Crippen LogP contribution in [0.1, 0.15) is 107 Å². The monoisotopic (exact) mass is 659 g/mol. The molecule has 1 aliphatic rings. The topological polar surface area (TPSA) is 126 Å². The van der Waals surface area contributed by atoms with Gasteiger partial charge in [0.05, 0.1) is 21.7 Å². The van der Waals surface area contributed by atoms with Crippen molar-refractivity contribution in [1.82, 2.24) is 5.32 Å². The Kier molecular flexibility index (Phi) is 13.0. The van der Waals surface area contributed by atoms with Gasteiger partial charge in [0, 0.05) is 6.04 Å². The van der Waals surface area contributed by atoms with Crippen molar-refractivity contribution in [1.29, 1.82) is 0 Å². The van der Waals surface area contributed by atoms with Crippen molar-refractivity contribution in [2.75, 3.05) is 6.61 Å². The summed E-state index contributed by atoms with van der Waals surface area (Å²) in [6.45, 7) is 26.0. The molecule has 47 heavy (non-hydrogen) atoms. The van der Waals surface area contributed by atoms with Gasteiger partial charge in [0.1, 0.15) is 12.7 Å². The lowest BCUT2D eigenvalue weighted by Crippen LogP contribution is -2.66. The minimum Gasteiger partial charge on any atom is -0.462 e. The van der Waals surface area contributed by atoms with E-state index in [9.17, 15) is 19.2 Å². The second-order valence-corrected chi connectivity index (χ2v) is 16.5. The standard InChI is InChI=1S/C37H57NO9/c1-15-16-24(23-19-17-22(2)18-20-23)38-29-28(47-33(42)37(12,13)14)27(46-32(41)36(9,10)11)26(45-31(40)35(6,7)8)25(44-29)21-43-30(39)34(3,4)5/h15,17-20,24-29,38H,1,16,21H2,2-14H3/t24-,25+,26-,27-,28+,29+/m0/s1. The van der Waals surface area contributed by atoms with Crippen molar-refractivity contribution in [3.05, 3.63) is 48.0 Å². The van der Waals surface area contributed by atoms with Crippen LogP contribution in [0.2, 0.25) is 0 Å². The van der Waals surface area contributed by atoms with Gasteiger partial charge in [0.2, 0.25) is 0 Å². The van der Waals surface area contributed by atoms with Crippen LogP contribution in [0.3, 0.4) is 0 Å². The van der Waals surface area contributed by atoms with E-state index in [1.807, 2.05) is 31.2 Å². The highest BCUT2D eigenvalue weighted by Gasteiger charge is 2.55. The maximum absolute atomic E-state index is 13.5. The highest BCUT2D eigenvalue weighted by Crippen LogP contribution is 2.35. The molecule has 2 rings (SSSR count). The molecule has 0 saturated carbocycles. The molecule has 1 N–H and O–H groups in total. The van der Waals surface area contributed by atoms with Crippen molar-refractivity contribution >= 4 is 23.9 Å². The van der Waals surface area contributed by atoms with Gasteiger partial charge >= 0.3 is 23.9 Å². The summed E-state index contributed by atoms with van der Waals surface area (Å²) in [6, 6.07) is 7.55. The fourth-order valence-electron chi connectivity index (χ4n) is 4.33. The molecule has 0 radical (unpaired) electrons. The molecule has 1 aromatic rings. The quantitative estimate of drug-likeness (QED) is 0.172. The summed E-state index contributed by atoms with van der Waals surface area (Å²) >= 11 is 0. The third-order valence-electron chi connectivity index (χ3n) is 7.44. The van der Waals surface area contributed by atoms with Crippen molar-refractivity contribution in [3.63, 3.8) is 0 Å². The SMILES string of the molecule is C=CC[C@H](N[C@@H]1O[C@H](COC(=O)C(C)(C)C)[C@H](OC(=O)C(C)(C)C)[C@H](OC(=O)C(C)(C)C)[C@H]1OC(=O)C(C)(C)C)c1ccc(C)cc1. The van der Waals surface area contributed by atoms with E-state index in [4.69, 9.17) is 23.7 Å². The van der Waals surface area contributed by atoms with E-state index in [1.54, 1.807) is 89.2 Å². The number of hydrogen-bond acceptors (Lipinski definition) is 10. The number of benzene rings is 1. The maximum Gasteiger partial charge on any atom is 0.311 e. The Hall–Kier alpha value is -3.24. The summed E-state index contributed by atoms with van der Waals surface area (Å²) in [5.74, 6) is -2.29. The zero-order valence-electron chi connectivity index (χ0n) is 30.6. The van der Waals surface area contributed by atoms with E-state index in [-0.39, 0.29) is 12.6 Å². The molecule has 0 amide bonds. The summed E-state index contributed by atoms with van der Waals surface area (Å²) in [6.07, 6.45) is -3.85. The lowest BCUT2D eigenvalue weighted by Gasteiger charge is -2.47. The van der Waals surface area contributed by atoms with Gasteiger partial charge in [-0.3, -0.25) is 24.5 Å². The Morgan fingerprint density at radius 2 is 1.15 bits per heavy atom. The first-order chi connectivity index (χ1) is 21.4. The summed E-state index contributed by atoms with van der Waals surface area (Å²) in [7, 11) is 0. The Labute approximate surface area is 281 Å². The van der Waals surface area contributed by atoms with E-state index < -0.39 is 76.2 Å². The number of hydrogen-bond donors (Lipinski definition) is 1. The van der Waals surface area contributed by atoms with Gasteiger partial charge in [-0.1, -0.05) is 35.9 Å². The molecule has 10 heteroatoms. The predicted octanol–water partition coefficient (Wildman–Crippen LogP) is 6.39. The summed E-state index contributed by atoms with van der Waals surface area (Å²) in [5.41, 5.74) is -1.67. The smallest absolute Gasteiger partial charge is 0.311 e. The van der Waals surface area contributed by atoms with Gasteiger partial charge in [-0.05, 0) is 102 Å². The average Bonchev–Trinajstić information content (AvgIpc) is 2.92. The molecule has 0 aromatic heterocycles. The second kappa shape index (κ2) is 15.3. The van der Waals surface area contributed by atoms with E-state index in [1.165, 1.54) is 0 Å². The van der Waals surface area contributed by atoms with Crippen molar-refractivity contribution in [2.24, 2.45) is 21.7 Å². The van der Waals surface area contributed by atoms with Crippen LogP contribution in [0.5, 0.6) is 0 Å². The molecule has 0 bridgehead atoms. The Morgan fingerprint density at radius 1 is 0.723 bits per heavy atom. The number of aryl methyl sites for hydroxylation is 1. The molecule has 1 aliphatic heterocycles. The first-order valence-corrected chi connectivity index (χ1v) is 16.3. The molecule has 1 fully saturated rings. The van der Waals surface area contributed by atoms with Gasteiger partial charge in [0.15, 0.2) is 24.5 Å². The highest BCUT2D eigenvalue weighted by atomic mass is 16.7. The predicted molar refractivity (Wildman–Crippen MR) is 179 cm³/mol. The molecule has 0 aliphatic carbocycles. The van der Waals surface area contributed by atoms with Crippen molar-refractivity contribution < 1.29 is 42.9 Å². The fraction of sp³-hybridized carbons (Fsp3) is 0.676. The maximum atomic E-state index is 13.5. The van der Waals surface area contributed by atoms with Crippen LogP contribution in [0.25, 0.3) is 0 Å². The minimum atomic E-state index is -1.33. The van der Waals surface area contributed by atoms with Gasteiger partial charge in [-0.2, -0.15) is 0 Å². The number of carbonyl (C=O) groups excluding carboxylic acids is 4. The van der Waals surface area contributed by atoms with E-state index in [0.29, 0.717) is 6.42 Å². The van der Waals surface area contributed by atoms with Gasteiger partial charge in [-0.15, -0.1) is 6.58 Å². The van der Waals surface area contributed by atoms with Crippen LogP contribution in [0.4, 0.5) is 0 Å². The minimum absolute atomic E-state index is 0.323. The van der Waals surface area contributed by atoms with Crippen LogP contribution in [-0.4, -0.2) is 61.1 Å². The van der Waals surface area contributed by atoms with Crippen LogP contribution >= 0.6 is 0 Å². The van der Waals surface area contributed by atoms with Gasteiger partial charge in [0.25, 0.3) is 0 Å². The van der Waals surface area contributed by atoms with E-state index in [0.717, 1.165) is 11.1 Å². The lowest BCUT2D eigenvalue weighted by atomic mass is 9.92. The van der Waals surface area contributed by atoms with E-state index in [2.05, 4.69) is 11.9 Å².